The molecule has 0 bridgehead atoms. The summed E-state index contributed by atoms with van der Waals surface area (Å²) >= 11 is 0. The average molecular weight is 477 g/mol. The van der Waals surface area contributed by atoms with Crippen molar-refractivity contribution in [3.8, 4) is 17.2 Å². The lowest BCUT2D eigenvalue weighted by Crippen LogP contribution is -2.15. The van der Waals surface area contributed by atoms with Crippen LogP contribution in [0.25, 0.3) is 11.0 Å². The van der Waals surface area contributed by atoms with Crippen LogP contribution < -0.4 is 19.8 Å². The molecular formula is C29H32O6. The first-order valence-electron chi connectivity index (χ1n) is 11.7. The summed E-state index contributed by atoms with van der Waals surface area (Å²) in [5, 5.41) is 0.365. The molecule has 6 heteroatoms. The number of carbonyl (C=O) groups is 1. The van der Waals surface area contributed by atoms with E-state index in [4.69, 9.17) is 18.6 Å². The number of hydrogen-bond donors (Lipinski definition) is 0. The second-order valence-corrected chi connectivity index (χ2v) is 8.78. The molecule has 184 valence electrons. The number of ether oxygens (including phenoxy) is 3. The van der Waals surface area contributed by atoms with E-state index in [1.54, 1.807) is 48.5 Å². The minimum Gasteiger partial charge on any atom is -0.490 e. The van der Waals surface area contributed by atoms with Gasteiger partial charge in [-0.05, 0) is 77.8 Å². The second-order valence-electron chi connectivity index (χ2n) is 8.78. The standard InChI is InChI=1S/C29H32O6/c1-19(2)11-9-12-21(5)17-18-32-27-26(35-28(30)22-13-7-6-8-14-22)25-23(33-20(3)4)15-10-16-24(25)34-29(27)31/h6-8,10-11,13-17,20H,9,12,18H2,1-5H3/b21-17+. The molecule has 0 N–H and O–H groups in total. The van der Waals surface area contributed by atoms with Crippen molar-refractivity contribution in [2.24, 2.45) is 0 Å². The van der Waals surface area contributed by atoms with Gasteiger partial charge in [-0.3, -0.25) is 0 Å². The summed E-state index contributed by atoms with van der Waals surface area (Å²) < 4.78 is 23.0. The molecule has 0 aliphatic heterocycles. The Bertz CT molecular complexity index is 1280. The Morgan fingerprint density at radius 1 is 0.971 bits per heavy atom. The SMILES string of the molecule is CC(C)=CCC/C(C)=C/COc1c(OC(=O)c2ccccc2)c2c(OC(C)C)cccc2oc1=O. The number of esters is 1. The van der Waals surface area contributed by atoms with Gasteiger partial charge in [0.05, 0.1) is 11.7 Å². The zero-order chi connectivity index (χ0) is 25.4. The number of fused-ring (bicyclic) bond motifs is 1. The average Bonchev–Trinajstić information content (AvgIpc) is 2.80. The summed E-state index contributed by atoms with van der Waals surface area (Å²) in [5.41, 5.74) is 2.25. The summed E-state index contributed by atoms with van der Waals surface area (Å²) in [7, 11) is 0. The summed E-state index contributed by atoms with van der Waals surface area (Å²) in [6, 6.07) is 13.6. The minimum atomic E-state index is -0.731. The number of carbonyl (C=O) groups excluding carboxylic acids is 1. The maximum absolute atomic E-state index is 12.9. The van der Waals surface area contributed by atoms with Crippen molar-refractivity contribution < 1.29 is 23.4 Å². The summed E-state index contributed by atoms with van der Waals surface area (Å²) in [5.74, 6) is -0.377. The Kier molecular flexibility index (Phi) is 8.90. The van der Waals surface area contributed by atoms with Gasteiger partial charge in [-0.15, -0.1) is 0 Å². The molecule has 0 radical (unpaired) electrons. The minimum absolute atomic E-state index is 0.0167. The second kappa shape index (κ2) is 12.1. The van der Waals surface area contributed by atoms with Crippen LogP contribution in [0.1, 0.15) is 57.8 Å². The Morgan fingerprint density at radius 2 is 1.71 bits per heavy atom. The van der Waals surface area contributed by atoms with Crippen LogP contribution in [-0.4, -0.2) is 18.7 Å². The molecule has 0 saturated heterocycles. The van der Waals surface area contributed by atoms with E-state index < -0.39 is 11.6 Å². The lowest BCUT2D eigenvalue weighted by Gasteiger charge is -2.16. The smallest absolute Gasteiger partial charge is 0.383 e. The van der Waals surface area contributed by atoms with E-state index in [9.17, 15) is 9.59 Å². The molecule has 0 aliphatic rings. The Hall–Kier alpha value is -3.80. The van der Waals surface area contributed by atoms with Crippen molar-refractivity contribution >= 4 is 16.9 Å². The topological polar surface area (TPSA) is 75.0 Å². The van der Waals surface area contributed by atoms with Crippen molar-refractivity contribution in [2.45, 2.75) is 53.6 Å². The lowest BCUT2D eigenvalue weighted by molar-refractivity contribution is 0.0730. The van der Waals surface area contributed by atoms with E-state index in [-0.39, 0.29) is 29.8 Å². The Balaban J connectivity index is 2.01. The first-order chi connectivity index (χ1) is 16.8. The highest BCUT2D eigenvalue weighted by Gasteiger charge is 2.24. The van der Waals surface area contributed by atoms with Gasteiger partial charge in [0.25, 0.3) is 0 Å². The normalized spacial score (nSPS) is 11.4. The quantitative estimate of drug-likeness (QED) is 0.181. The molecule has 1 aromatic heterocycles. The summed E-state index contributed by atoms with van der Waals surface area (Å²) in [6.07, 6.45) is 5.73. The zero-order valence-corrected chi connectivity index (χ0v) is 20.9. The number of hydrogen-bond acceptors (Lipinski definition) is 6. The van der Waals surface area contributed by atoms with E-state index in [0.29, 0.717) is 16.7 Å². The van der Waals surface area contributed by atoms with Gasteiger partial charge in [-0.2, -0.15) is 0 Å². The highest BCUT2D eigenvalue weighted by atomic mass is 16.6. The molecular weight excluding hydrogens is 444 g/mol. The van der Waals surface area contributed by atoms with Gasteiger partial charge in [-0.25, -0.2) is 9.59 Å². The van der Waals surface area contributed by atoms with Crippen molar-refractivity contribution in [1.29, 1.82) is 0 Å². The van der Waals surface area contributed by atoms with Crippen LogP contribution >= 0.6 is 0 Å². The van der Waals surface area contributed by atoms with E-state index in [1.807, 2.05) is 26.8 Å². The van der Waals surface area contributed by atoms with Gasteiger partial charge in [0.1, 0.15) is 23.3 Å². The first-order valence-corrected chi connectivity index (χ1v) is 11.7. The maximum Gasteiger partial charge on any atom is 0.383 e. The first kappa shape index (κ1) is 25.8. The molecule has 1 heterocycles. The molecule has 3 aromatic rings. The summed E-state index contributed by atoms with van der Waals surface area (Å²) in [6.45, 7) is 10.0. The van der Waals surface area contributed by atoms with Gasteiger partial charge >= 0.3 is 11.6 Å². The predicted octanol–water partition coefficient (Wildman–Crippen LogP) is 6.87. The third kappa shape index (κ3) is 7.09. The van der Waals surface area contributed by atoms with Crippen molar-refractivity contribution in [2.75, 3.05) is 6.61 Å². The van der Waals surface area contributed by atoms with E-state index >= 15 is 0 Å². The highest BCUT2D eigenvalue weighted by Crippen LogP contribution is 2.39. The maximum atomic E-state index is 12.9. The molecule has 6 nitrogen and oxygen atoms in total. The van der Waals surface area contributed by atoms with Gasteiger partial charge in [0.15, 0.2) is 5.75 Å². The van der Waals surface area contributed by atoms with Crippen molar-refractivity contribution in [3.63, 3.8) is 0 Å². The molecule has 0 unspecified atom stereocenters. The molecule has 0 amide bonds. The monoisotopic (exact) mass is 476 g/mol. The molecule has 0 spiro atoms. The molecule has 35 heavy (non-hydrogen) atoms. The third-order valence-corrected chi connectivity index (χ3v) is 5.13. The van der Waals surface area contributed by atoms with E-state index in [2.05, 4.69) is 19.9 Å². The van der Waals surface area contributed by atoms with E-state index in [0.717, 1.165) is 18.4 Å². The van der Waals surface area contributed by atoms with Crippen LogP contribution in [-0.2, 0) is 0 Å². The number of allylic oxidation sites excluding steroid dienone is 3. The highest BCUT2D eigenvalue weighted by molar-refractivity contribution is 5.97. The fourth-order valence-electron chi connectivity index (χ4n) is 3.43. The van der Waals surface area contributed by atoms with Gasteiger partial charge in [0.2, 0.25) is 5.75 Å². The van der Waals surface area contributed by atoms with Crippen LogP contribution in [0.3, 0.4) is 0 Å². The van der Waals surface area contributed by atoms with Gasteiger partial charge in [-0.1, -0.05) is 41.5 Å². The third-order valence-electron chi connectivity index (χ3n) is 5.13. The Labute approximate surface area is 205 Å². The van der Waals surface area contributed by atoms with Crippen LogP contribution in [0.5, 0.6) is 17.2 Å². The predicted molar refractivity (Wildman–Crippen MR) is 138 cm³/mol. The fraction of sp³-hybridized carbons (Fsp3) is 0.310. The van der Waals surface area contributed by atoms with E-state index in [1.165, 1.54) is 5.57 Å². The fourth-order valence-corrected chi connectivity index (χ4v) is 3.43. The number of benzene rings is 2. The van der Waals surface area contributed by atoms with Crippen LogP contribution in [0.4, 0.5) is 0 Å². The largest absolute Gasteiger partial charge is 0.490 e. The van der Waals surface area contributed by atoms with Gasteiger partial charge < -0.3 is 18.6 Å². The Morgan fingerprint density at radius 3 is 2.40 bits per heavy atom. The van der Waals surface area contributed by atoms with Crippen LogP contribution in [0.2, 0.25) is 0 Å². The summed E-state index contributed by atoms with van der Waals surface area (Å²) in [4.78, 5) is 25.8. The molecule has 0 aliphatic carbocycles. The molecule has 0 fully saturated rings. The lowest BCUT2D eigenvalue weighted by atomic mass is 10.1. The zero-order valence-electron chi connectivity index (χ0n) is 20.9. The van der Waals surface area contributed by atoms with Crippen molar-refractivity contribution in [3.05, 3.63) is 87.8 Å². The molecule has 2 aromatic carbocycles. The number of rotatable bonds is 10. The van der Waals surface area contributed by atoms with Crippen LogP contribution in [0.15, 0.2) is 81.0 Å². The van der Waals surface area contributed by atoms with Gasteiger partial charge in [0, 0.05) is 0 Å². The molecule has 3 rings (SSSR count). The van der Waals surface area contributed by atoms with Crippen LogP contribution in [0, 0.1) is 0 Å². The van der Waals surface area contributed by atoms with Crippen molar-refractivity contribution in [1.82, 2.24) is 0 Å². The molecule has 0 atom stereocenters. The molecule has 0 saturated carbocycles.